The first-order valence-electron chi connectivity index (χ1n) is 4.06. The number of nitrogens with two attached hydrogens (primary N) is 1. The minimum atomic E-state index is -1.06. The van der Waals surface area contributed by atoms with E-state index in [1.807, 2.05) is 0 Å². The maximum Gasteiger partial charge on any atom is 0.320 e. The Kier molecular flexibility index (Phi) is 3.14. The topological polar surface area (TPSA) is 83.6 Å². The molecular formula is C9H10BNO3. The summed E-state index contributed by atoms with van der Waals surface area (Å²) >= 11 is 0. The molecule has 5 heteroatoms. The Balaban J connectivity index is 2.78. The van der Waals surface area contributed by atoms with Crippen LogP contribution < -0.4 is 11.2 Å². The normalized spacial score (nSPS) is 12.4. The zero-order chi connectivity index (χ0) is 10.7. The summed E-state index contributed by atoms with van der Waals surface area (Å²) in [5.74, 6) is -1.07. The molecule has 0 aromatic heterocycles. The Morgan fingerprint density at radius 1 is 1.57 bits per heavy atom. The lowest BCUT2D eigenvalue weighted by atomic mass is 9.91. The molecule has 72 valence electrons. The molecule has 0 saturated heterocycles. The molecule has 0 heterocycles. The SMILES string of the molecule is [B]c1cc(CC(N)C(=O)O)ccc1O. The van der Waals surface area contributed by atoms with Crippen molar-refractivity contribution in [2.45, 2.75) is 12.5 Å². The van der Waals surface area contributed by atoms with E-state index in [0.717, 1.165) is 0 Å². The first-order valence-corrected chi connectivity index (χ1v) is 4.06. The van der Waals surface area contributed by atoms with E-state index in [1.165, 1.54) is 12.1 Å². The maximum absolute atomic E-state index is 10.4. The molecule has 4 N–H and O–H groups in total. The van der Waals surface area contributed by atoms with Crippen molar-refractivity contribution in [2.24, 2.45) is 5.73 Å². The second-order valence-electron chi connectivity index (χ2n) is 3.04. The van der Waals surface area contributed by atoms with Crippen molar-refractivity contribution in [1.82, 2.24) is 0 Å². The van der Waals surface area contributed by atoms with Crippen LogP contribution >= 0.6 is 0 Å². The average Bonchev–Trinajstić information content (AvgIpc) is 2.11. The highest BCUT2D eigenvalue weighted by atomic mass is 16.4. The van der Waals surface area contributed by atoms with Crippen LogP contribution in [0, 0.1) is 0 Å². The van der Waals surface area contributed by atoms with Gasteiger partial charge in [-0.1, -0.05) is 17.6 Å². The van der Waals surface area contributed by atoms with Crippen LogP contribution in [0.25, 0.3) is 0 Å². The molecule has 14 heavy (non-hydrogen) atoms. The van der Waals surface area contributed by atoms with Crippen LogP contribution in [0.1, 0.15) is 5.56 Å². The fraction of sp³-hybridized carbons (Fsp3) is 0.222. The van der Waals surface area contributed by atoms with Gasteiger partial charge in [-0.25, -0.2) is 0 Å². The summed E-state index contributed by atoms with van der Waals surface area (Å²) in [6.45, 7) is 0. The van der Waals surface area contributed by atoms with Gasteiger partial charge in [-0.2, -0.15) is 0 Å². The van der Waals surface area contributed by atoms with Crippen LogP contribution in [0.3, 0.4) is 0 Å². The van der Waals surface area contributed by atoms with Crippen LogP contribution in [0.15, 0.2) is 18.2 Å². The van der Waals surface area contributed by atoms with Gasteiger partial charge in [-0.15, -0.1) is 0 Å². The van der Waals surface area contributed by atoms with Gasteiger partial charge in [0.05, 0.1) is 0 Å². The number of rotatable bonds is 3. The van der Waals surface area contributed by atoms with E-state index in [-0.39, 0.29) is 17.6 Å². The van der Waals surface area contributed by atoms with Gasteiger partial charge in [0.1, 0.15) is 19.6 Å². The van der Waals surface area contributed by atoms with E-state index in [2.05, 4.69) is 0 Å². The molecule has 0 aliphatic heterocycles. The van der Waals surface area contributed by atoms with E-state index in [4.69, 9.17) is 23.8 Å². The number of carboxylic acid groups (broad SMARTS) is 1. The van der Waals surface area contributed by atoms with Crippen molar-refractivity contribution in [3.63, 3.8) is 0 Å². The molecule has 1 rings (SSSR count). The van der Waals surface area contributed by atoms with E-state index in [0.29, 0.717) is 5.56 Å². The number of phenols is 1. The molecule has 4 nitrogen and oxygen atoms in total. The molecule has 0 bridgehead atoms. The van der Waals surface area contributed by atoms with Gasteiger partial charge in [0.2, 0.25) is 0 Å². The van der Waals surface area contributed by atoms with Gasteiger partial charge in [-0.05, 0) is 18.1 Å². The standard InChI is InChI=1S/C9H10BNO3/c10-6-3-5(1-2-8(6)12)4-7(11)9(13)14/h1-3,7,12H,4,11H2,(H,13,14). The van der Waals surface area contributed by atoms with Crippen LogP contribution in [-0.2, 0) is 11.2 Å². The van der Waals surface area contributed by atoms with E-state index in [9.17, 15) is 4.79 Å². The van der Waals surface area contributed by atoms with Gasteiger partial charge in [0.15, 0.2) is 0 Å². The van der Waals surface area contributed by atoms with Gasteiger partial charge in [-0.3, -0.25) is 4.79 Å². The van der Waals surface area contributed by atoms with Crippen molar-refractivity contribution in [2.75, 3.05) is 0 Å². The molecule has 1 aromatic carbocycles. The van der Waals surface area contributed by atoms with Gasteiger partial charge in [0, 0.05) is 0 Å². The number of hydrogen-bond acceptors (Lipinski definition) is 3. The molecule has 0 fully saturated rings. The summed E-state index contributed by atoms with van der Waals surface area (Å²) in [4.78, 5) is 10.4. The number of aromatic hydroxyl groups is 1. The van der Waals surface area contributed by atoms with E-state index in [1.54, 1.807) is 6.07 Å². The molecular weight excluding hydrogens is 181 g/mol. The first kappa shape index (κ1) is 10.6. The second-order valence-corrected chi connectivity index (χ2v) is 3.04. The highest BCUT2D eigenvalue weighted by molar-refractivity contribution is 6.34. The summed E-state index contributed by atoms with van der Waals surface area (Å²) in [5.41, 5.74) is 6.25. The van der Waals surface area contributed by atoms with Crippen molar-refractivity contribution < 1.29 is 15.0 Å². The number of phenolic OH excluding ortho intramolecular Hbond substituents is 1. The summed E-state index contributed by atoms with van der Waals surface area (Å²) in [6.07, 6.45) is 0.194. The number of carboxylic acids is 1. The quantitative estimate of drug-likeness (QED) is 0.543. The zero-order valence-electron chi connectivity index (χ0n) is 7.47. The third-order valence-corrected chi connectivity index (χ3v) is 1.86. The Morgan fingerprint density at radius 2 is 2.21 bits per heavy atom. The third kappa shape index (κ3) is 2.50. The molecule has 0 aliphatic carbocycles. The lowest BCUT2D eigenvalue weighted by Gasteiger charge is -2.07. The summed E-state index contributed by atoms with van der Waals surface area (Å²) < 4.78 is 0. The average molecular weight is 191 g/mol. The molecule has 0 spiro atoms. The number of benzene rings is 1. The van der Waals surface area contributed by atoms with Gasteiger partial charge >= 0.3 is 5.97 Å². The lowest BCUT2D eigenvalue weighted by molar-refractivity contribution is -0.138. The summed E-state index contributed by atoms with van der Waals surface area (Å²) in [5, 5.41) is 17.7. The second kappa shape index (κ2) is 4.15. The fourth-order valence-electron chi connectivity index (χ4n) is 1.07. The summed E-state index contributed by atoms with van der Waals surface area (Å²) in [6, 6.07) is 3.57. The van der Waals surface area contributed by atoms with E-state index >= 15 is 0 Å². The van der Waals surface area contributed by atoms with Crippen LogP contribution in [0.5, 0.6) is 5.75 Å². The molecule has 1 unspecified atom stereocenters. The maximum atomic E-state index is 10.4. The highest BCUT2D eigenvalue weighted by Gasteiger charge is 2.12. The summed E-state index contributed by atoms with van der Waals surface area (Å²) in [7, 11) is 5.43. The van der Waals surface area contributed by atoms with E-state index < -0.39 is 12.0 Å². The molecule has 1 aromatic rings. The highest BCUT2D eigenvalue weighted by Crippen LogP contribution is 2.07. The molecule has 1 atom stereocenters. The lowest BCUT2D eigenvalue weighted by Crippen LogP contribution is -2.32. The third-order valence-electron chi connectivity index (χ3n) is 1.86. The first-order chi connectivity index (χ1) is 6.50. The Hall–Kier alpha value is -1.49. The van der Waals surface area contributed by atoms with Crippen LogP contribution in [0.4, 0.5) is 0 Å². The van der Waals surface area contributed by atoms with Crippen LogP contribution in [0.2, 0.25) is 0 Å². The zero-order valence-corrected chi connectivity index (χ0v) is 7.47. The molecule has 0 aliphatic rings. The van der Waals surface area contributed by atoms with Gasteiger partial charge in [0.25, 0.3) is 0 Å². The van der Waals surface area contributed by atoms with Crippen molar-refractivity contribution in [1.29, 1.82) is 0 Å². The molecule has 0 amide bonds. The molecule has 2 radical (unpaired) electrons. The van der Waals surface area contributed by atoms with Crippen molar-refractivity contribution in [3.8, 4) is 5.75 Å². The minimum absolute atomic E-state index is 0.0161. The number of aliphatic carboxylic acids is 1. The number of hydrogen-bond donors (Lipinski definition) is 3. The Bertz CT molecular complexity index is 354. The smallest absolute Gasteiger partial charge is 0.320 e. The van der Waals surface area contributed by atoms with Crippen LogP contribution in [-0.4, -0.2) is 30.1 Å². The predicted octanol–water partition coefficient (Wildman–Crippen LogP) is -0.860. The Labute approximate surface area is 82.8 Å². The number of carbonyl (C=O) groups is 1. The van der Waals surface area contributed by atoms with Crippen molar-refractivity contribution in [3.05, 3.63) is 23.8 Å². The monoisotopic (exact) mass is 191 g/mol. The van der Waals surface area contributed by atoms with Crippen molar-refractivity contribution >= 4 is 19.3 Å². The minimum Gasteiger partial charge on any atom is -0.509 e. The molecule has 0 saturated carbocycles. The van der Waals surface area contributed by atoms with Gasteiger partial charge < -0.3 is 15.9 Å². The largest absolute Gasteiger partial charge is 0.509 e. The Morgan fingerprint density at radius 3 is 2.71 bits per heavy atom. The fourth-order valence-corrected chi connectivity index (χ4v) is 1.07. The predicted molar refractivity (Wildman–Crippen MR) is 52.8 cm³/mol.